The Morgan fingerprint density at radius 1 is 1.67 bits per heavy atom. The molecular formula is C7H9BrN4. The van der Waals surface area contributed by atoms with Gasteiger partial charge in [0.2, 0.25) is 0 Å². The van der Waals surface area contributed by atoms with E-state index in [0.29, 0.717) is 6.54 Å². The lowest BCUT2D eigenvalue weighted by Crippen LogP contribution is -2.25. The number of fused-ring (bicyclic) bond motifs is 1. The minimum Gasteiger partial charge on any atom is -0.329 e. The van der Waals surface area contributed by atoms with E-state index in [0.717, 1.165) is 15.9 Å². The second kappa shape index (κ2) is 3.01. The zero-order chi connectivity index (χ0) is 8.55. The standard InChI is InChI=1S/C7H9BrN4/c8-4-1-5-6(2-9)11-12-7(5)10-3-4/h1,3,6,11H,2,9H2,(H,10,12). The molecular weight excluding hydrogens is 220 g/mol. The van der Waals surface area contributed by atoms with E-state index >= 15 is 0 Å². The molecule has 0 saturated heterocycles. The zero-order valence-electron chi connectivity index (χ0n) is 6.34. The number of halogens is 1. The van der Waals surface area contributed by atoms with E-state index in [2.05, 4.69) is 31.8 Å². The highest BCUT2D eigenvalue weighted by atomic mass is 79.9. The predicted octanol–water partition coefficient (Wildman–Crippen LogP) is 0.774. The molecule has 1 unspecified atom stereocenters. The average molecular weight is 229 g/mol. The SMILES string of the molecule is NCC1NNc2ncc(Br)cc21. The Labute approximate surface area is 78.7 Å². The molecule has 0 fully saturated rings. The smallest absolute Gasteiger partial charge is 0.145 e. The maximum atomic E-state index is 5.55. The summed E-state index contributed by atoms with van der Waals surface area (Å²) >= 11 is 3.36. The van der Waals surface area contributed by atoms with Gasteiger partial charge >= 0.3 is 0 Å². The van der Waals surface area contributed by atoms with E-state index < -0.39 is 0 Å². The maximum Gasteiger partial charge on any atom is 0.145 e. The molecule has 64 valence electrons. The van der Waals surface area contributed by atoms with Gasteiger partial charge in [0, 0.05) is 22.8 Å². The summed E-state index contributed by atoms with van der Waals surface area (Å²) in [5, 5.41) is 0. The van der Waals surface area contributed by atoms with Crippen molar-refractivity contribution in [3.8, 4) is 0 Å². The van der Waals surface area contributed by atoms with Gasteiger partial charge in [0.1, 0.15) is 5.82 Å². The number of nitrogens with zero attached hydrogens (tertiary/aromatic N) is 1. The van der Waals surface area contributed by atoms with Crippen LogP contribution in [0.4, 0.5) is 5.82 Å². The second-order valence-corrected chi connectivity index (χ2v) is 3.56. The topological polar surface area (TPSA) is 63.0 Å². The number of hydrogen-bond donors (Lipinski definition) is 3. The van der Waals surface area contributed by atoms with E-state index in [-0.39, 0.29) is 6.04 Å². The number of nitrogens with two attached hydrogens (primary N) is 1. The molecule has 0 saturated carbocycles. The van der Waals surface area contributed by atoms with Gasteiger partial charge in [-0.1, -0.05) is 0 Å². The normalized spacial score (nSPS) is 20.3. The zero-order valence-corrected chi connectivity index (χ0v) is 7.93. The Morgan fingerprint density at radius 2 is 2.50 bits per heavy atom. The summed E-state index contributed by atoms with van der Waals surface area (Å²) in [7, 11) is 0. The average Bonchev–Trinajstić information content (AvgIpc) is 2.46. The van der Waals surface area contributed by atoms with Crippen LogP contribution >= 0.6 is 15.9 Å². The Kier molecular flexibility index (Phi) is 2.00. The third kappa shape index (κ3) is 1.20. The third-order valence-corrected chi connectivity index (χ3v) is 2.29. The van der Waals surface area contributed by atoms with Crippen LogP contribution in [0.5, 0.6) is 0 Å². The Bertz CT molecular complexity index is 301. The lowest BCUT2D eigenvalue weighted by Gasteiger charge is -2.05. The first-order valence-corrected chi connectivity index (χ1v) is 4.47. The molecule has 2 heterocycles. The van der Waals surface area contributed by atoms with Crippen LogP contribution in [0.1, 0.15) is 11.6 Å². The molecule has 0 spiro atoms. The molecule has 0 radical (unpaired) electrons. The molecule has 1 aliphatic rings. The number of rotatable bonds is 1. The molecule has 2 rings (SSSR count). The minimum atomic E-state index is 0.171. The highest BCUT2D eigenvalue weighted by Crippen LogP contribution is 2.27. The number of pyridine rings is 1. The Hall–Kier alpha value is -0.650. The molecule has 0 aromatic carbocycles. The first-order chi connectivity index (χ1) is 5.81. The van der Waals surface area contributed by atoms with E-state index in [1.165, 1.54) is 0 Å². The summed E-state index contributed by atoms with van der Waals surface area (Å²) in [6.07, 6.45) is 1.76. The van der Waals surface area contributed by atoms with Crippen molar-refractivity contribution in [2.24, 2.45) is 5.73 Å². The van der Waals surface area contributed by atoms with E-state index in [4.69, 9.17) is 5.73 Å². The molecule has 4 nitrogen and oxygen atoms in total. The van der Waals surface area contributed by atoms with Crippen molar-refractivity contribution in [2.75, 3.05) is 12.0 Å². The van der Waals surface area contributed by atoms with Crippen LogP contribution in [0, 0.1) is 0 Å². The van der Waals surface area contributed by atoms with Gasteiger partial charge in [-0.2, -0.15) is 0 Å². The van der Waals surface area contributed by atoms with Crippen LogP contribution in [0.15, 0.2) is 16.7 Å². The number of nitrogens with one attached hydrogen (secondary N) is 2. The minimum absolute atomic E-state index is 0.171. The number of anilines is 1. The fourth-order valence-corrected chi connectivity index (χ4v) is 1.59. The van der Waals surface area contributed by atoms with Crippen molar-refractivity contribution in [1.82, 2.24) is 10.4 Å². The van der Waals surface area contributed by atoms with Crippen molar-refractivity contribution in [3.05, 3.63) is 22.3 Å². The van der Waals surface area contributed by atoms with Gasteiger partial charge in [0.15, 0.2) is 0 Å². The molecule has 5 heteroatoms. The predicted molar refractivity (Wildman–Crippen MR) is 50.5 cm³/mol. The lowest BCUT2D eigenvalue weighted by molar-refractivity contribution is 0.635. The summed E-state index contributed by atoms with van der Waals surface area (Å²) in [5.41, 5.74) is 12.7. The van der Waals surface area contributed by atoms with Crippen molar-refractivity contribution < 1.29 is 0 Å². The number of aromatic nitrogens is 1. The lowest BCUT2D eigenvalue weighted by atomic mass is 10.1. The van der Waals surface area contributed by atoms with Crippen molar-refractivity contribution in [1.29, 1.82) is 0 Å². The maximum absolute atomic E-state index is 5.55. The molecule has 1 aliphatic heterocycles. The van der Waals surface area contributed by atoms with Crippen LogP contribution in [0.25, 0.3) is 0 Å². The van der Waals surface area contributed by atoms with Gasteiger partial charge in [-0.15, -0.1) is 0 Å². The monoisotopic (exact) mass is 228 g/mol. The molecule has 1 atom stereocenters. The van der Waals surface area contributed by atoms with Crippen molar-refractivity contribution >= 4 is 21.7 Å². The van der Waals surface area contributed by atoms with Crippen molar-refractivity contribution in [3.63, 3.8) is 0 Å². The largest absolute Gasteiger partial charge is 0.329 e. The fraction of sp³-hybridized carbons (Fsp3) is 0.286. The fourth-order valence-electron chi connectivity index (χ4n) is 1.24. The molecule has 0 bridgehead atoms. The van der Waals surface area contributed by atoms with Gasteiger partial charge in [-0.05, 0) is 22.0 Å². The van der Waals surface area contributed by atoms with Crippen LogP contribution < -0.4 is 16.6 Å². The highest BCUT2D eigenvalue weighted by molar-refractivity contribution is 9.10. The summed E-state index contributed by atoms with van der Waals surface area (Å²) < 4.78 is 0.977. The quantitative estimate of drug-likeness (QED) is 0.665. The number of hydrazine groups is 1. The number of hydrogen-bond acceptors (Lipinski definition) is 4. The van der Waals surface area contributed by atoms with Crippen LogP contribution in [-0.4, -0.2) is 11.5 Å². The van der Waals surface area contributed by atoms with E-state index in [1.807, 2.05) is 6.07 Å². The second-order valence-electron chi connectivity index (χ2n) is 2.65. The molecule has 12 heavy (non-hydrogen) atoms. The third-order valence-electron chi connectivity index (χ3n) is 1.86. The van der Waals surface area contributed by atoms with Gasteiger partial charge in [0.05, 0.1) is 6.04 Å². The molecule has 0 amide bonds. The van der Waals surface area contributed by atoms with Crippen LogP contribution in [0.2, 0.25) is 0 Å². The molecule has 0 aliphatic carbocycles. The summed E-state index contributed by atoms with van der Waals surface area (Å²) in [6, 6.07) is 2.19. The Morgan fingerprint density at radius 3 is 3.25 bits per heavy atom. The van der Waals surface area contributed by atoms with Gasteiger partial charge in [-0.25, -0.2) is 10.4 Å². The van der Waals surface area contributed by atoms with Gasteiger partial charge < -0.3 is 11.2 Å². The summed E-state index contributed by atoms with van der Waals surface area (Å²) in [6.45, 7) is 0.568. The van der Waals surface area contributed by atoms with Gasteiger partial charge in [-0.3, -0.25) is 0 Å². The molecule has 1 aromatic heterocycles. The highest BCUT2D eigenvalue weighted by Gasteiger charge is 2.21. The summed E-state index contributed by atoms with van der Waals surface area (Å²) in [5.74, 6) is 0.869. The first-order valence-electron chi connectivity index (χ1n) is 3.68. The molecule has 4 N–H and O–H groups in total. The van der Waals surface area contributed by atoms with Crippen molar-refractivity contribution in [2.45, 2.75) is 6.04 Å². The van der Waals surface area contributed by atoms with Gasteiger partial charge in [0.25, 0.3) is 0 Å². The van der Waals surface area contributed by atoms with Crippen LogP contribution in [-0.2, 0) is 0 Å². The van der Waals surface area contributed by atoms with Crippen LogP contribution in [0.3, 0.4) is 0 Å². The van der Waals surface area contributed by atoms with E-state index in [9.17, 15) is 0 Å². The first kappa shape index (κ1) is 7.97. The Balaban J connectivity index is 2.42. The molecule has 1 aromatic rings. The van der Waals surface area contributed by atoms with E-state index in [1.54, 1.807) is 6.20 Å². The summed E-state index contributed by atoms with van der Waals surface area (Å²) in [4.78, 5) is 4.18.